The van der Waals surface area contributed by atoms with E-state index in [4.69, 9.17) is 0 Å². The molecule has 0 bridgehead atoms. The van der Waals surface area contributed by atoms with Gasteiger partial charge in [-0.3, -0.25) is 4.79 Å². The zero-order chi connectivity index (χ0) is 20.5. The third-order valence-corrected chi connectivity index (χ3v) is 5.49. The maximum Gasteiger partial charge on any atom is 0.257 e. The van der Waals surface area contributed by atoms with E-state index < -0.39 is 0 Å². The molecule has 1 fully saturated rings. The molecule has 0 spiro atoms. The Labute approximate surface area is 171 Å². The van der Waals surface area contributed by atoms with Gasteiger partial charge in [0, 0.05) is 37.6 Å². The number of likely N-dealkylation sites (N-methyl/N-ethyl adjacent to an activating group) is 1. The van der Waals surface area contributed by atoms with Crippen molar-refractivity contribution in [1.82, 2.24) is 19.7 Å². The number of aryl methyl sites for hydroxylation is 1. The van der Waals surface area contributed by atoms with Crippen LogP contribution in [-0.4, -0.2) is 58.8 Å². The van der Waals surface area contributed by atoms with Gasteiger partial charge in [-0.1, -0.05) is 12.1 Å². The number of hydrogen-bond acceptors (Lipinski definition) is 5. The van der Waals surface area contributed by atoms with E-state index in [1.807, 2.05) is 35.9 Å². The molecule has 7 nitrogen and oxygen atoms in total. The highest BCUT2D eigenvalue weighted by Gasteiger charge is 2.20. The molecule has 1 saturated heterocycles. The van der Waals surface area contributed by atoms with Crippen molar-refractivity contribution in [3.63, 3.8) is 0 Å². The number of para-hydroxylation sites is 2. The number of nitrogens with zero attached hydrogens (tertiary/aromatic N) is 5. The van der Waals surface area contributed by atoms with E-state index in [0.717, 1.165) is 48.6 Å². The fraction of sp³-hybridized carbons (Fsp3) is 0.409. The smallest absolute Gasteiger partial charge is 0.257 e. The van der Waals surface area contributed by atoms with Crippen molar-refractivity contribution in [3.8, 4) is 0 Å². The molecule has 1 aliphatic heterocycles. The zero-order valence-electron chi connectivity index (χ0n) is 17.5. The van der Waals surface area contributed by atoms with Crippen molar-refractivity contribution in [1.29, 1.82) is 0 Å². The average molecular weight is 393 g/mol. The second kappa shape index (κ2) is 7.83. The first-order chi connectivity index (χ1) is 13.9. The van der Waals surface area contributed by atoms with E-state index in [9.17, 15) is 4.79 Å². The number of carbonyl (C=O) groups is 1. The van der Waals surface area contributed by atoms with Crippen molar-refractivity contribution in [3.05, 3.63) is 47.8 Å². The molecule has 0 unspecified atom stereocenters. The number of amides is 1. The predicted octanol–water partition coefficient (Wildman–Crippen LogP) is 3.32. The molecule has 152 valence electrons. The molecule has 1 N–H and O–H groups in total. The molecule has 1 amide bonds. The Balaban J connectivity index is 1.61. The number of piperazine rings is 1. The van der Waals surface area contributed by atoms with Gasteiger partial charge in [0.05, 0.1) is 28.8 Å². The van der Waals surface area contributed by atoms with Crippen LogP contribution in [0.25, 0.3) is 11.0 Å². The van der Waals surface area contributed by atoms with Crippen molar-refractivity contribution in [2.45, 2.75) is 26.8 Å². The number of anilines is 2. The van der Waals surface area contributed by atoms with E-state index in [-0.39, 0.29) is 11.9 Å². The van der Waals surface area contributed by atoms with Crippen LogP contribution in [0.4, 0.5) is 11.4 Å². The minimum Gasteiger partial charge on any atom is -0.367 e. The molecule has 3 aromatic rings. The summed E-state index contributed by atoms with van der Waals surface area (Å²) in [6.07, 6.45) is 1.77. The number of benzene rings is 1. The van der Waals surface area contributed by atoms with E-state index >= 15 is 0 Å². The Morgan fingerprint density at radius 1 is 1.14 bits per heavy atom. The lowest BCUT2D eigenvalue weighted by molar-refractivity contribution is 0.102. The van der Waals surface area contributed by atoms with Gasteiger partial charge in [-0.2, -0.15) is 5.10 Å². The van der Waals surface area contributed by atoms with E-state index in [1.165, 1.54) is 0 Å². The summed E-state index contributed by atoms with van der Waals surface area (Å²) in [4.78, 5) is 22.4. The van der Waals surface area contributed by atoms with Crippen molar-refractivity contribution in [2.75, 3.05) is 43.4 Å². The van der Waals surface area contributed by atoms with E-state index in [0.29, 0.717) is 11.3 Å². The fourth-order valence-electron chi connectivity index (χ4n) is 3.77. The van der Waals surface area contributed by atoms with Crippen LogP contribution in [0, 0.1) is 6.92 Å². The SMILES string of the molecule is Cc1nc2c(cnn2C(C)C)cc1C(=O)Nc1ccccc1N1CCN(C)CC1. The van der Waals surface area contributed by atoms with Crippen LogP contribution < -0.4 is 10.2 Å². The van der Waals surface area contributed by atoms with Crippen LogP contribution in [0.1, 0.15) is 35.9 Å². The quantitative estimate of drug-likeness (QED) is 0.738. The van der Waals surface area contributed by atoms with Gasteiger partial charge in [0.1, 0.15) is 0 Å². The molecule has 3 heterocycles. The second-order valence-corrected chi connectivity index (χ2v) is 7.98. The van der Waals surface area contributed by atoms with Gasteiger partial charge in [-0.15, -0.1) is 0 Å². The molecular formula is C22H28N6O. The number of aromatic nitrogens is 3. The van der Waals surface area contributed by atoms with Crippen molar-refractivity contribution >= 4 is 28.3 Å². The van der Waals surface area contributed by atoms with Gasteiger partial charge >= 0.3 is 0 Å². The number of fused-ring (bicyclic) bond motifs is 1. The van der Waals surface area contributed by atoms with E-state index in [1.54, 1.807) is 6.20 Å². The zero-order valence-corrected chi connectivity index (χ0v) is 17.5. The van der Waals surface area contributed by atoms with Crippen LogP contribution in [0.2, 0.25) is 0 Å². The van der Waals surface area contributed by atoms with Gasteiger partial charge < -0.3 is 15.1 Å². The molecule has 4 rings (SSSR count). The van der Waals surface area contributed by atoms with Crippen LogP contribution in [0.15, 0.2) is 36.5 Å². The summed E-state index contributed by atoms with van der Waals surface area (Å²) in [6, 6.07) is 10.1. The molecule has 1 aliphatic rings. The van der Waals surface area contributed by atoms with Gasteiger partial charge in [0.2, 0.25) is 0 Å². The first-order valence-electron chi connectivity index (χ1n) is 10.1. The summed E-state index contributed by atoms with van der Waals surface area (Å²) in [5.74, 6) is -0.143. The number of hydrogen-bond donors (Lipinski definition) is 1. The molecule has 0 aliphatic carbocycles. The second-order valence-electron chi connectivity index (χ2n) is 7.98. The van der Waals surface area contributed by atoms with Gasteiger partial charge in [0.15, 0.2) is 5.65 Å². The normalized spacial score (nSPS) is 15.3. The lowest BCUT2D eigenvalue weighted by atomic mass is 10.1. The summed E-state index contributed by atoms with van der Waals surface area (Å²) in [6.45, 7) is 9.94. The van der Waals surface area contributed by atoms with Gasteiger partial charge in [-0.05, 0) is 46.0 Å². The molecule has 2 aromatic heterocycles. The number of carbonyl (C=O) groups excluding carboxylic acids is 1. The number of rotatable bonds is 4. The minimum absolute atomic E-state index is 0.143. The summed E-state index contributed by atoms with van der Waals surface area (Å²) in [5.41, 5.74) is 3.99. The first kappa shape index (κ1) is 19.4. The molecule has 0 radical (unpaired) electrons. The highest BCUT2D eigenvalue weighted by Crippen LogP contribution is 2.28. The lowest BCUT2D eigenvalue weighted by Crippen LogP contribution is -2.44. The summed E-state index contributed by atoms with van der Waals surface area (Å²) in [7, 11) is 2.14. The third-order valence-electron chi connectivity index (χ3n) is 5.49. The maximum absolute atomic E-state index is 13.1. The van der Waals surface area contributed by atoms with Crippen LogP contribution in [0.3, 0.4) is 0 Å². The van der Waals surface area contributed by atoms with Crippen LogP contribution >= 0.6 is 0 Å². The maximum atomic E-state index is 13.1. The average Bonchev–Trinajstić information content (AvgIpc) is 3.11. The Morgan fingerprint density at radius 3 is 2.59 bits per heavy atom. The highest BCUT2D eigenvalue weighted by atomic mass is 16.1. The molecule has 0 saturated carbocycles. The molecule has 0 atom stereocenters. The summed E-state index contributed by atoms with van der Waals surface area (Å²) >= 11 is 0. The molecular weight excluding hydrogens is 364 g/mol. The number of pyridine rings is 1. The van der Waals surface area contributed by atoms with Crippen molar-refractivity contribution < 1.29 is 4.79 Å². The standard InChI is InChI=1S/C22H28N6O/c1-15(2)28-21-17(14-23-28)13-18(16(3)24-21)22(29)25-19-7-5-6-8-20(19)27-11-9-26(4)10-12-27/h5-8,13-15H,9-12H2,1-4H3,(H,25,29). The fourth-order valence-corrected chi connectivity index (χ4v) is 3.77. The Hall–Kier alpha value is -2.93. The topological polar surface area (TPSA) is 66.3 Å². The third kappa shape index (κ3) is 3.82. The first-order valence-corrected chi connectivity index (χ1v) is 10.1. The summed E-state index contributed by atoms with van der Waals surface area (Å²) < 4.78 is 1.88. The van der Waals surface area contributed by atoms with Gasteiger partial charge in [0.25, 0.3) is 5.91 Å². The predicted molar refractivity (Wildman–Crippen MR) is 117 cm³/mol. The Morgan fingerprint density at radius 2 is 1.86 bits per heavy atom. The molecule has 1 aromatic carbocycles. The molecule has 29 heavy (non-hydrogen) atoms. The molecule has 7 heteroatoms. The Kier molecular flexibility index (Phi) is 5.24. The van der Waals surface area contributed by atoms with Gasteiger partial charge in [-0.25, -0.2) is 9.67 Å². The van der Waals surface area contributed by atoms with Crippen LogP contribution in [0.5, 0.6) is 0 Å². The monoisotopic (exact) mass is 392 g/mol. The highest BCUT2D eigenvalue weighted by molar-refractivity contribution is 6.08. The number of nitrogens with one attached hydrogen (secondary N) is 1. The Bertz CT molecular complexity index is 1030. The van der Waals surface area contributed by atoms with E-state index in [2.05, 4.69) is 52.2 Å². The van der Waals surface area contributed by atoms with Crippen LogP contribution in [-0.2, 0) is 0 Å². The lowest BCUT2D eigenvalue weighted by Gasteiger charge is -2.35. The summed E-state index contributed by atoms with van der Waals surface area (Å²) in [5, 5.41) is 8.40. The minimum atomic E-state index is -0.143. The van der Waals surface area contributed by atoms with Crippen molar-refractivity contribution in [2.24, 2.45) is 0 Å². The largest absolute Gasteiger partial charge is 0.367 e.